The number of anilines is 1. The Morgan fingerprint density at radius 1 is 1.26 bits per heavy atom. The smallest absolute Gasteiger partial charge is 0.271 e. The van der Waals surface area contributed by atoms with Gasteiger partial charge in [0.25, 0.3) is 5.56 Å². The summed E-state index contributed by atoms with van der Waals surface area (Å²) < 4.78 is 0. The van der Waals surface area contributed by atoms with Gasteiger partial charge in [-0.25, -0.2) is 5.48 Å². The summed E-state index contributed by atoms with van der Waals surface area (Å²) in [6.07, 6.45) is 4.27. The molecule has 1 aliphatic rings. The molecule has 2 aromatic heterocycles. The number of fused-ring (bicyclic) bond motifs is 1. The molecule has 2 heterocycles. The maximum atomic E-state index is 11.4. The van der Waals surface area contributed by atoms with E-state index in [9.17, 15) is 4.79 Å². The maximum Gasteiger partial charge on any atom is 0.271 e. The molecule has 0 spiro atoms. The predicted molar refractivity (Wildman–Crippen MR) is 87.4 cm³/mol. The van der Waals surface area contributed by atoms with Crippen molar-refractivity contribution in [3.63, 3.8) is 0 Å². The molecule has 0 aliphatic heterocycles. The summed E-state index contributed by atoms with van der Waals surface area (Å²) in [5.74, 6) is 1.39. The van der Waals surface area contributed by atoms with E-state index in [1.807, 2.05) is 24.3 Å². The number of aryl methyl sites for hydroxylation is 1. The Labute approximate surface area is 132 Å². The molecule has 0 atom stereocenters. The maximum absolute atomic E-state index is 11.4. The predicted octanol–water partition coefficient (Wildman–Crippen LogP) is 2.43. The van der Waals surface area contributed by atoms with Gasteiger partial charge in [-0.2, -0.15) is 5.10 Å². The van der Waals surface area contributed by atoms with Crippen molar-refractivity contribution in [2.75, 3.05) is 12.1 Å². The fourth-order valence-electron chi connectivity index (χ4n) is 2.71. The average Bonchev–Trinajstić information content (AvgIpc) is 3.20. The van der Waals surface area contributed by atoms with Crippen LogP contribution in [0.4, 0.5) is 5.82 Å². The van der Waals surface area contributed by atoms with Gasteiger partial charge in [0.15, 0.2) is 5.82 Å². The lowest BCUT2D eigenvalue weighted by Gasteiger charge is -2.04. The quantitative estimate of drug-likeness (QED) is 0.398. The van der Waals surface area contributed by atoms with Crippen LogP contribution in [0.3, 0.4) is 0 Å². The van der Waals surface area contributed by atoms with E-state index in [0.29, 0.717) is 17.9 Å². The molecule has 4 rings (SSSR count). The molecule has 23 heavy (non-hydrogen) atoms. The molecule has 4 N–H and O–H groups in total. The summed E-state index contributed by atoms with van der Waals surface area (Å²) in [5, 5.41) is 13.4. The average molecular weight is 313 g/mol. The number of hydrogen-bond acceptors (Lipinski definition) is 4. The highest BCUT2D eigenvalue weighted by molar-refractivity contribution is 5.78. The first-order valence-corrected chi connectivity index (χ1v) is 7.92. The molecular formula is C16H19N5O2. The Bertz CT molecular complexity index is 859. The second kappa shape index (κ2) is 5.92. The zero-order chi connectivity index (χ0) is 15.6. The van der Waals surface area contributed by atoms with Crippen LogP contribution in [0.1, 0.15) is 36.4 Å². The fraction of sp³-hybridized carbons (Fsp3) is 0.375. The van der Waals surface area contributed by atoms with Gasteiger partial charge < -0.3 is 0 Å². The molecule has 0 saturated heterocycles. The van der Waals surface area contributed by atoms with Gasteiger partial charge in [-0.1, -0.05) is 6.07 Å². The lowest BCUT2D eigenvalue weighted by molar-refractivity contribution is 0.189. The Morgan fingerprint density at radius 2 is 2.17 bits per heavy atom. The number of aromatic nitrogens is 4. The highest BCUT2D eigenvalue weighted by Crippen LogP contribution is 2.39. The second-order valence-electron chi connectivity index (χ2n) is 6.00. The normalized spacial score (nSPS) is 14.4. The topological polar surface area (TPSA) is 98.6 Å². The first-order chi connectivity index (χ1) is 11.3. The van der Waals surface area contributed by atoms with Crippen LogP contribution < -0.4 is 11.0 Å². The van der Waals surface area contributed by atoms with Crippen LogP contribution in [-0.4, -0.2) is 27.0 Å². The number of nitrogens with zero attached hydrogens (tertiary/aromatic N) is 1. The number of benzene rings is 1. The van der Waals surface area contributed by atoms with E-state index < -0.39 is 0 Å². The van der Waals surface area contributed by atoms with Gasteiger partial charge in [0.1, 0.15) is 0 Å². The van der Waals surface area contributed by atoms with Gasteiger partial charge in [-0.15, -0.1) is 0 Å². The largest absolute Gasteiger partial charge is 0.298 e. The molecule has 120 valence electrons. The van der Waals surface area contributed by atoms with Crippen LogP contribution in [0.2, 0.25) is 0 Å². The molecular weight excluding hydrogens is 294 g/mol. The van der Waals surface area contributed by atoms with Crippen LogP contribution in [-0.2, 0) is 11.3 Å². The Balaban J connectivity index is 1.23. The van der Waals surface area contributed by atoms with Gasteiger partial charge in [-0.3, -0.25) is 24.9 Å². The molecule has 0 radical (unpaired) electrons. The first-order valence-electron chi connectivity index (χ1n) is 7.92. The van der Waals surface area contributed by atoms with E-state index in [1.54, 1.807) is 0 Å². The van der Waals surface area contributed by atoms with Crippen molar-refractivity contribution in [3.05, 3.63) is 45.9 Å². The van der Waals surface area contributed by atoms with E-state index >= 15 is 0 Å². The minimum absolute atomic E-state index is 0.0800. The molecule has 7 heteroatoms. The van der Waals surface area contributed by atoms with E-state index in [2.05, 4.69) is 25.9 Å². The summed E-state index contributed by atoms with van der Waals surface area (Å²) in [6.45, 7) is 0.591. The number of aromatic amines is 3. The van der Waals surface area contributed by atoms with Gasteiger partial charge >= 0.3 is 0 Å². The van der Waals surface area contributed by atoms with E-state index in [-0.39, 0.29) is 5.56 Å². The van der Waals surface area contributed by atoms with Crippen molar-refractivity contribution >= 4 is 16.7 Å². The molecule has 1 saturated carbocycles. The molecule has 1 fully saturated rings. The van der Waals surface area contributed by atoms with Crippen LogP contribution >= 0.6 is 0 Å². The molecule has 0 amide bonds. The third kappa shape index (κ3) is 3.14. The lowest BCUT2D eigenvalue weighted by atomic mass is 10.1. The SMILES string of the molecule is O=c1[nH][nH]c2cc(CCCONc3cc(C4CC4)[nH]n3)ccc12. The number of rotatable bonds is 7. The molecule has 1 aromatic carbocycles. The molecule has 7 nitrogen and oxygen atoms in total. The summed E-state index contributed by atoms with van der Waals surface area (Å²) >= 11 is 0. The van der Waals surface area contributed by atoms with Crippen molar-refractivity contribution < 1.29 is 4.84 Å². The molecule has 1 aliphatic carbocycles. The lowest BCUT2D eigenvalue weighted by Crippen LogP contribution is -2.04. The van der Waals surface area contributed by atoms with Gasteiger partial charge in [0, 0.05) is 17.7 Å². The third-order valence-corrected chi connectivity index (χ3v) is 4.14. The van der Waals surface area contributed by atoms with Crippen LogP contribution in [0.25, 0.3) is 10.9 Å². The van der Waals surface area contributed by atoms with Gasteiger partial charge in [0.2, 0.25) is 0 Å². The van der Waals surface area contributed by atoms with Gasteiger partial charge in [0.05, 0.1) is 17.5 Å². The van der Waals surface area contributed by atoms with E-state index in [0.717, 1.165) is 24.2 Å². The summed E-state index contributed by atoms with van der Waals surface area (Å²) in [5.41, 5.74) is 5.99. The van der Waals surface area contributed by atoms with Crippen molar-refractivity contribution in [2.24, 2.45) is 0 Å². The third-order valence-electron chi connectivity index (χ3n) is 4.14. The number of nitrogens with one attached hydrogen (secondary N) is 4. The monoisotopic (exact) mass is 313 g/mol. The molecule has 0 bridgehead atoms. The summed E-state index contributed by atoms with van der Waals surface area (Å²) in [6, 6.07) is 7.83. The van der Waals surface area contributed by atoms with E-state index in [1.165, 1.54) is 24.1 Å². The van der Waals surface area contributed by atoms with Crippen molar-refractivity contribution in [1.82, 2.24) is 20.4 Å². The van der Waals surface area contributed by atoms with Crippen molar-refractivity contribution in [2.45, 2.75) is 31.6 Å². The highest BCUT2D eigenvalue weighted by Gasteiger charge is 2.25. The van der Waals surface area contributed by atoms with Crippen molar-refractivity contribution in [1.29, 1.82) is 0 Å². The van der Waals surface area contributed by atoms with E-state index in [4.69, 9.17) is 4.84 Å². The fourth-order valence-corrected chi connectivity index (χ4v) is 2.71. The number of hydrogen-bond donors (Lipinski definition) is 4. The number of H-pyrrole nitrogens is 3. The second-order valence-corrected chi connectivity index (χ2v) is 6.00. The Hall–Kier alpha value is -2.54. The molecule has 3 aromatic rings. The van der Waals surface area contributed by atoms with Crippen molar-refractivity contribution in [3.8, 4) is 0 Å². The Morgan fingerprint density at radius 3 is 3.04 bits per heavy atom. The standard InChI is InChI=1S/C16H19N5O2/c22-16-12-6-3-10(8-14(12)18-20-16)2-1-7-23-21-15-9-13(17-19-15)11-4-5-11/h3,6,8-9,11H,1-2,4-5,7H2,(H2,17,19,21)(H2,18,20,22). The van der Waals surface area contributed by atoms with Crippen LogP contribution in [0.5, 0.6) is 0 Å². The zero-order valence-corrected chi connectivity index (χ0v) is 12.7. The zero-order valence-electron chi connectivity index (χ0n) is 12.7. The minimum atomic E-state index is -0.0800. The van der Waals surface area contributed by atoms with Gasteiger partial charge in [-0.05, 0) is 43.4 Å². The van der Waals surface area contributed by atoms with Crippen LogP contribution in [0.15, 0.2) is 29.1 Å². The summed E-state index contributed by atoms with van der Waals surface area (Å²) in [7, 11) is 0. The molecule has 0 unspecified atom stereocenters. The summed E-state index contributed by atoms with van der Waals surface area (Å²) in [4.78, 5) is 16.9. The highest BCUT2D eigenvalue weighted by atomic mass is 16.6. The first kappa shape index (κ1) is 14.1. The minimum Gasteiger partial charge on any atom is -0.298 e. The Kier molecular flexibility index (Phi) is 3.63. The van der Waals surface area contributed by atoms with Crippen LogP contribution in [0, 0.1) is 0 Å².